The summed E-state index contributed by atoms with van der Waals surface area (Å²) < 4.78 is 7.13. The highest BCUT2D eigenvalue weighted by molar-refractivity contribution is 7.06. The van der Waals surface area contributed by atoms with E-state index in [0.29, 0.717) is 22.0 Å². The Hall–Kier alpha value is -2.35. The number of aromatic nitrogens is 1. The fraction of sp³-hybridized carbons (Fsp3) is 0.167. The van der Waals surface area contributed by atoms with Gasteiger partial charge in [-0.15, -0.1) is 11.3 Å². The zero-order chi connectivity index (χ0) is 18.1. The highest BCUT2D eigenvalue weighted by atomic mass is 35.5. The number of hydrogen-bond acceptors (Lipinski definition) is 5. The zero-order valence-electron chi connectivity index (χ0n) is 14.0. The Morgan fingerprint density at radius 1 is 1.33 bits per heavy atom. The van der Waals surface area contributed by atoms with Gasteiger partial charge in [0.05, 0.1) is 12.0 Å². The summed E-state index contributed by atoms with van der Waals surface area (Å²) in [6.07, 6.45) is 3.88. The van der Waals surface area contributed by atoms with Crippen LogP contribution in [-0.2, 0) is 11.3 Å². The summed E-state index contributed by atoms with van der Waals surface area (Å²) in [5.74, 6) is 0.500. The molecule has 0 radical (unpaired) electrons. The summed E-state index contributed by atoms with van der Waals surface area (Å²) in [7, 11) is 0. The van der Waals surface area contributed by atoms with Crippen LogP contribution in [0.25, 0.3) is 0 Å². The molecule has 1 atom stereocenters. The van der Waals surface area contributed by atoms with Gasteiger partial charge < -0.3 is 21.4 Å². The Balaban J connectivity index is 0.00000210. The van der Waals surface area contributed by atoms with Crippen molar-refractivity contribution in [3.8, 4) is 0 Å². The quantitative estimate of drug-likeness (QED) is 0.671. The van der Waals surface area contributed by atoms with Gasteiger partial charge in [0.1, 0.15) is 18.3 Å². The molecule has 4 rings (SSSR count). The molecule has 0 saturated carbocycles. The number of carbonyl (C=O) groups is 1. The average Bonchev–Trinajstić information content (AvgIpc) is 3.36. The molecular weight excluding hydrogens is 407 g/mol. The molecule has 1 aromatic carbocycles. The summed E-state index contributed by atoms with van der Waals surface area (Å²) in [6.45, 7) is 0.0664. The predicted molar refractivity (Wildman–Crippen MR) is 99.1 cm³/mol. The minimum absolute atomic E-state index is 0. The smallest absolute Gasteiger partial charge is 0.263 e. The largest absolute Gasteiger partial charge is 1.00 e. The van der Waals surface area contributed by atoms with Crippen molar-refractivity contribution in [1.29, 1.82) is 5.41 Å². The number of amides is 1. The summed E-state index contributed by atoms with van der Waals surface area (Å²) in [5.41, 5.74) is 1.73. The maximum absolute atomic E-state index is 12.9. The summed E-state index contributed by atoms with van der Waals surface area (Å²) >= 11 is 7.24. The van der Waals surface area contributed by atoms with Crippen molar-refractivity contribution >= 4 is 34.6 Å². The average molecular weight is 422 g/mol. The molecule has 0 aliphatic carbocycles. The predicted octanol–water partition coefficient (Wildman–Crippen LogP) is 0.657. The molecule has 1 amide bonds. The maximum Gasteiger partial charge on any atom is 0.263 e. The van der Waals surface area contributed by atoms with Crippen LogP contribution in [0.4, 0.5) is 0 Å². The van der Waals surface area contributed by atoms with Crippen LogP contribution >= 0.6 is 22.9 Å². The van der Waals surface area contributed by atoms with Gasteiger partial charge in [0.15, 0.2) is 4.80 Å². The molecule has 2 aromatic heterocycles. The van der Waals surface area contributed by atoms with Crippen LogP contribution in [0.2, 0.25) is 5.02 Å². The van der Waals surface area contributed by atoms with Crippen LogP contribution in [0.1, 0.15) is 23.8 Å². The number of nitrogens with one attached hydrogen (secondary N) is 1. The van der Waals surface area contributed by atoms with E-state index in [-0.39, 0.29) is 30.9 Å². The summed E-state index contributed by atoms with van der Waals surface area (Å²) in [4.78, 5) is 13.2. The highest BCUT2D eigenvalue weighted by Gasteiger charge is 2.34. The third-order valence-electron chi connectivity index (χ3n) is 4.20. The van der Waals surface area contributed by atoms with Gasteiger partial charge in [-0.25, -0.2) is 5.01 Å². The molecule has 0 saturated heterocycles. The molecule has 9 heteroatoms. The molecule has 0 spiro atoms. The monoisotopic (exact) mass is 421 g/mol. The van der Waals surface area contributed by atoms with Crippen molar-refractivity contribution in [2.24, 2.45) is 5.10 Å². The van der Waals surface area contributed by atoms with Gasteiger partial charge in [0, 0.05) is 23.0 Å². The van der Waals surface area contributed by atoms with E-state index in [9.17, 15) is 4.79 Å². The molecule has 27 heavy (non-hydrogen) atoms. The maximum atomic E-state index is 12.9. The Labute approximate surface area is 170 Å². The second-order valence-electron chi connectivity index (χ2n) is 5.86. The molecule has 3 aromatic rings. The van der Waals surface area contributed by atoms with Crippen molar-refractivity contribution in [2.75, 3.05) is 0 Å². The van der Waals surface area contributed by atoms with Gasteiger partial charge in [-0.2, -0.15) is 5.10 Å². The van der Waals surface area contributed by atoms with Crippen molar-refractivity contribution in [3.05, 3.63) is 75.4 Å². The number of furan rings is 1. The van der Waals surface area contributed by atoms with Crippen LogP contribution in [0.15, 0.2) is 63.8 Å². The minimum atomic E-state index is -0.295. The standard InChI is InChI=1S/C18H15ClN4O2S.ClH/c19-13-5-3-12(4-6-13)14-10-15(16-2-1-8-25-16)23(21-14)17(24)11-22-7-9-26-18(22)20;/h1-9,15,20H,10-11H2;1H/p-1. The van der Waals surface area contributed by atoms with E-state index in [0.717, 1.165) is 11.3 Å². The Morgan fingerprint density at radius 3 is 2.74 bits per heavy atom. The molecule has 1 aliphatic rings. The molecule has 0 bridgehead atoms. The van der Waals surface area contributed by atoms with Crippen molar-refractivity contribution in [2.45, 2.75) is 19.0 Å². The lowest BCUT2D eigenvalue weighted by Crippen LogP contribution is -3.00. The molecule has 1 aliphatic heterocycles. The van der Waals surface area contributed by atoms with Crippen LogP contribution < -0.4 is 17.2 Å². The molecule has 3 heterocycles. The normalized spacial score (nSPS) is 16.1. The van der Waals surface area contributed by atoms with Gasteiger partial charge in [0.25, 0.3) is 5.91 Å². The van der Waals surface area contributed by atoms with Gasteiger partial charge in [-0.1, -0.05) is 23.7 Å². The Morgan fingerprint density at radius 2 is 2.11 bits per heavy atom. The second kappa shape index (κ2) is 8.12. The highest BCUT2D eigenvalue weighted by Crippen LogP contribution is 2.33. The van der Waals surface area contributed by atoms with Crippen molar-refractivity contribution < 1.29 is 21.6 Å². The molecular formula is C18H15Cl2N4O2S-. The number of rotatable bonds is 4. The van der Waals surface area contributed by atoms with Crippen LogP contribution in [0.3, 0.4) is 0 Å². The molecule has 6 nitrogen and oxygen atoms in total. The molecule has 0 fully saturated rings. The number of hydrogen-bond donors (Lipinski definition) is 1. The van der Waals surface area contributed by atoms with E-state index >= 15 is 0 Å². The SMILES string of the molecule is N=c1sccn1CC(=O)N1N=C(c2ccc(Cl)cc2)CC1c1ccco1.[Cl-]. The van der Waals surface area contributed by atoms with Gasteiger partial charge >= 0.3 is 0 Å². The lowest BCUT2D eigenvalue weighted by atomic mass is 10.0. The number of benzene rings is 1. The number of hydrazone groups is 1. The number of nitrogens with zero attached hydrogens (tertiary/aromatic N) is 3. The topological polar surface area (TPSA) is 74.6 Å². The van der Waals surface area contributed by atoms with E-state index < -0.39 is 0 Å². The van der Waals surface area contributed by atoms with Crippen LogP contribution in [0, 0.1) is 5.41 Å². The molecule has 1 unspecified atom stereocenters. The fourth-order valence-electron chi connectivity index (χ4n) is 2.91. The number of carbonyl (C=O) groups excluding carboxylic acids is 1. The van der Waals surface area contributed by atoms with E-state index in [4.69, 9.17) is 21.4 Å². The number of halogens is 2. The first-order valence-electron chi connectivity index (χ1n) is 7.99. The Kier molecular flexibility index (Phi) is 5.84. The van der Waals surface area contributed by atoms with E-state index in [1.807, 2.05) is 18.2 Å². The first-order chi connectivity index (χ1) is 12.6. The van der Waals surface area contributed by atoms with Crippen LogP contribution in [-0.4, -0.2) is 21.2 Å². The van der Waals surface area contributed by atoms with E-state index in [1.54, 1.807) is 40.6 Å². The lowest BCUT2D eigenvalue weighted by molar-refractivity contribution is -0.134. The van der Waals surface area contributed by atoms with Crippen molar-refractivity contribution in [1.82, 2.24) is 9.58 Å². The minimum Gasteiger partial charge on any atom is -1.00 e. The first kappa shape index (κ1) is 19.4. The van der Waals surface area contributed by atoms with E-state index in [1.165, 1.54) is 16.3 Å². The first-order valence-corrected chi connectivity index (χ1v) is 9.25. The number of thiazole rings is 1. The third kappa shape index (κ3) is 4.00. The molecule has 1 N–H and O–H groups in total. The van der Waals surface area contributed by atoms with Crippen molar-refractivity contribution in [3.63, 3.8) is 0 Å². The third-order valence-corrected chi connectivity index (χ3v) is 5.17. The summed E-state index contributed by atoms with van der Waals surface area (Å²) in [6, 6.07) is 10.7. The van der Waals surface area contributed by atoms with Crippen LogP contribution in [0.5, 0.6) is 0 Å². The van der Waals surface area contributed by atoms with Gasteiger partial charge in [0.2, 0.25) is 0 Å². The Bertz CT molecular complexity index is 1010. The zero-order valence-corrected chi connectivity index (χ0v) is 16.3. The van der Waals surface area contributed by atoms with Gasteiger partial charge in [-0.05, 0) is 29.8 Å². The van der Waals surface area contributed by atoms with E-state index in [2.05, 4.69) is 5.10 Å². The summed E-state index contributed by atoms with van der Waals surface area (Å²) in [5, 5.41) is 16.3. The second-order valence-corrected chi connectivity index (χ2v) is 7.19. The van der Waals surface area contributed by atoms with Gasteiger partial charge in [-0.3, -0.25) is 10.2 Å². The fourth-order valence-corrected chi connectivity index (χ4v) is 3.63. The molecule has 140 valence electrons. The lowest BCUT2D eigenvalue weighted by Gasteiger charge is -2.20.